The number of amidine groups is 1. The van der Waals surface area contributed by atoms with Crippen LogP contribution in [0.4, 0.5) is 28.9 Å². The Kier molecular flexibility index (Phi) is 12.4. The zero-order valence-electron chi connectivity index (χ0n) is 27.2. The predicted molar refractivity (Wildman–Crippen MR) is 175 cm³/mol. The largest absolute Gasteiger partial charge is 0.490 e. The number of aromatic nitrogens is 3. The number of H-pyrrole nitrogens is 1. The van der Waals surface area contributed by atoms with Gasteiger partial charge in [0.1, 0.15) is 11.9 Å². The first-order valence-corrected chi connectivity index (χ1v) is 14.7. The Morgan fingerprint density at radius 2 is 1.74 bits per heavy atom. The number of aromatic amines is 1. The summed E-state index contributed by atoms with van der Waals surface area (Å²) in [7, 11) is 3.15. The molecule has 0 aliphatic heterocycles. The molecule has 3 aromatic carbocycles. The minimum Gasteiger partial charge on any atom is -0.481 e. The fourth-order valence-electron chi connectivity index (χ4n) is 4.26. The van der Waals surface area contributed by atoms with Crippen molar-refractivity contribution in [3.8, 4) is 11.4 Å². The van der Waals surface area contributed by atoms with E-state index in [9.17, 15) is 27.6 Å². The van der Waals surface area contributed by atoms with Gasteiger partial charge < -0.3 is 31.1 Å². The highest BCUT2D eigenvalue weighted by Gasteiger charge is 2.38. The molecule has 4 aromatic rings. The molecule has 0 aliphatic carbocycles. The van der Waals surface area contributed by atoms with Gasteiger partial charge in [-0.05, 0) is 54.4 Å². The zero-order chi connectivity index (χ0) is 37.3. The summed E-state index contributed by atoms with van der Waals surface area (Å²) in [5.74, 6) is -4.34. The molecular formula is C32H34F4N8O6. The Labute approximate surface area is 282 Å². The maximum Gasteiger partial charge on any atom is 0.490 e. The zero-order valence-corrected chi connectivity index (χ0v) is 27.2. The Balaban J connectivity index is 0.000000872. The highest BCUT2D eigenvalue weighted by atomic mass is 19.4. The van der Waals surface area contributed by atoms with E-state index in [-0.39, 0.29) is 41.4 Å². The molecule has 0 saturated heterocycles. The maximum atomic E-state index is 16.2. The number of ether oxygens (including phenoxy) is 1. The van der Waals surface area contributed by atoms with Crippen LogP contribution in [0.25, 0.3) is 5.69 Å². The first-order chi connectivity index (χ1) is 23.4. The molecule has 0 fully saturated rings. The molecule has 7 N–H and O–H groups in total. The predicted octanol–water partition coefficient (Wildman–Crippen LogP) is 3.81. The van der Waals surface area contributed by atoms with Gasteiger partial charge in [-0.15, -0.1) is 5.10 Å². The molecule has 50 heavy (non-hydrogen) atoms. The summed E-state index contributed by atoms with van der Waals surface area (Å²) >= 11 is 0. The number of nitrogens with two attached hydrogens (primary N) is 1. The lowest BCUT2D eigenvalue weighted by Gasteiger charge is -2.21. The van der Waals surface area contributed by atoms with Crippen molar-refractivity contribution in [3.63, 3.8) is 0 Å². The van der Waals surface area contributed by atoms with Crippen LogP contribution in [0, 0.1) is 11.2 Å². The second-order valence-corrected chi connectivity index (χ2v) is 10.7. The fourth-order valence-corrected chi connectivity index (χ4v) is 4.26. The quantitative estimate of drug-likeness (QED) is 0.0762. The van der Waals surface area contributed by atoms with Gasteiger partial charge in [0, 0.05) is 37.8 Å². The van der Waals surface area contributed by atoms with Gasteiger partial charge in [-0.3, -0.25) is 20.0 Å². The molecule has 1 aromatic heterocycles. The standard InChI is InChI=1S/C30H33FN8O4.C2HF3O2/c1-5-18-14-21(26(31)24(15-18)43-16-25(41)38(3)4)27(35-20-12-10-19(11-13-20)28(32)33)29-36-30(42)39(37-29)23-9-7-6-8-22(23)34-17(2)40;3-2(4,5)1(6)7/h6-15,27,35H,5,16H2,1-4H3,(H3,32,33)(H,34,40)(H,36,37,42);(H,6,7). The topological polar surface area (TPSA) is 209 Å². The summed E-state index contributed by atoms with van der Waals surface area (Å²) in [5, 5.41) is 25.2. The average Bonchev–Trinajstić information content (AvgIpc) is 3.43. The first kappa shape index (κ1) is 38.2. The van der Waals surface area contributed by atoms with Crippen LogP contribution in [-0.4, -0.2) is 75.3 Å². The van der Waals surface area contributed by atoms with Gasteiger partial charge in [-0.25, -0.2) is 14.0 Å². The molecule has 18 heteroatoms. The van der Waals surface area contributed by atoms with Gasteiger partial charge in [-0.1, -0.05) is 25.1 Å². The number of alkyl halides is 3. The number of carbonyl (C=O) groups excluding carboxylic acids is 2. The van der Waals surface area contributed by atoms with Crippen molar-refractivity contribution in [1.29, 1.82) is 5.41 Å². The molecule has 266 valence electrons. The second-order valence-electron chi connectivity index (χ2n) is 10.7. The third-order valence-corrected chi connectivity index (χ3v) is 6.80. The molecule has 0 aliphatic rings. The number of rotatable bonds is 11. The van der Waals surface area contributed by atoms with E-state index in [1.54, 1.807) is 68.7 Å². The first-order valence-electron chi connectivity index (χ1n) is 14.7. The van der Waals surface area contributed by atoms with Crippen LogP contribution in [0.15, 0.2) is 65.5 Å². The van der Waals surface area contributed by atoms with Crippen molar-refractivity contribution >= 4 is 35.0 Å². The molecule has 0 bridgehead atoms. The van der Waals surface area contributed by atoms with Gasteiger partial charge in [0.05, 0.1) is 11.4 Å². The van der Waals surface area contributed by atoms with Crippen molar-refractivity contribution in [3.05, 3.63) is 99.5 Å². The number of nitrogens with one attached hydrogen (secondary N) is 4. The lowest BCUT2D eigenvalue weighted by Crippen LogP contribution is -2.28. The van der Waals surface area contributed by atoms with E-state index >= 15 is 4.39 Å². The molecule has 1 unspecified atom stereocenters. The van der Waals surface area contributed by atoms with Crippen LogP contribution in [0.1, 0.15) is 42.4 Å². The lowest BCUT2D eigenvalue weighted by atomic mass is 10.00. The number of carbonyl (C=O) groups is 3. The summed E-state index contributed by atoms with van der Waals surface area (Å²) in [6.07, 6.45) is -4.56. The summed E-state index contributed by atoms with van der Waals surface area (Å²) in [6, 6.07) is 15.4. The van der Waals surface area contributed by atoms with Gasteiger partial charge in [0.25, 0.3) is 5.91 Å². The van der Waals surface area contributed by atoms with Crippen molar-refractivity contribution in [2.24, 2.45) is 5.73 Å². The van der Waals surface area contributed by atoms with Crippen molar-refractivity contribution in [2.75, 3.05) is 31.3 Å². The van der Waals surface area contributed by atoms with Gasteiger partial charge in [0.15, 0.2) is 24.0 Å². The third-order valence-electron chi connectivity index (χ3n) is 6.80. The molecule has 2 amide bonds. The molecule has 0 saturated carbocycles. The summed E-state index contributed by atoms with van der Waals surface area (Å²) in [5.41, 5.74) is 7.50. The number of hydrogen-bond donors (Lipinski definition) is 6. The van der Waals surface area contributed by atoms with E-state index in [0.717, 1.165) is 10.2 Å². The molecule has 1 heterocycles. The average molecular weight is 703 g/mol. The fraction of sp³-hybridized carbons (Fsp3) is 0.250. The van der Waals surface area contributed by atoms with Gasteiger partial charge >= 0.3 is 17.8 Å². The number of carboxylic acid groups (broad SMARTS) is 1. The van der Waals surface area contributed by atoms with Crippen LogP contribution in [0.3, 0.4) is 0 Å². The Morgan fingerprint density at radius 3 is 2.28 bits per heavy atom. The number of nitrogens with zero attached hydrogens (tertiary/aromatic N) is 3. The molecule has 14 nitrogen and oxygen atoms in total. The minimum atomic E-state index is -5.08. The summed E-state index contributed by atoms with van der Waals surface area (Å²) < 4.78 is 54.6. The highest BCUT2D eigenvalue weighted by Crippen LogP contribution is 2.33. The highest BCUT2D eigenvalue weighted by molar-refractivity contribution is 5.95. The van der Waals surface area contributed by atoms with Gasteiger partial charge in [0.2, 0.25) is 5.91 Å². The van der Waals surface area contributed by atoms with Crippen molar-refractivity contribution in [2.45, 2.75) is 32.5 Å². The maximum absolute atomic E-state index is 16.2. The number of nitrogen functional groups attached to an aromatic ring is 1. The number of halogens is 4. The van der Waals surface area contributed by atoms with E-state index in [4.69, 9.17) is 25.8 Å². The number of carboxylic acids is 1. The van der Waals surface area contributed by atoms with E-state index in [1.165, 1.54) is 17.9 Å². The normalized spacial score (nSPS) is 11.4. The monoisotopic (exact) mass is 702 g/mol. The number of amides is 2. The van der Waals surface area contributed by atoms with Crippen LogP contribution < -0.4 is 26.8 Å². The van der Waals surface area contributed by atoms with Crippen LogP contribution in [0.5, 0.6) is 5.75 Å². The van der Waals surface area contributed by atoms with Crippen molar-refractivity contribution < 1.29 is 41.8 Å². The van der Waals surface area contributed by atoms with E-state index in [0.29, 0.717) is 29.0 Å². The van der Waals surface area contributed by atoms with E-state index < -0.39 is 29.7 Å². The molecule has 0 radical (unpaired) electrons. The number of likely N-dealkylation sites (N-methyl/N-ethyl adjacent to an activating group) is 1. The summed E-state index contributed by atoms with van der Waals surface area (Å²) in [4.78, 5) is 50.1. The molecule has 0 spiro atoms. The Morgan fingerprint density at radius 1 is 1.12 bits per heavy atom. The smallest absolute Gasteiger partial charge is 0.481 e. The second kappa shape index (κ2) is 16.3. The van der Waals surface area contributed by atoms with Crippen molar-refractivity contribution in [1.82, 2.24) is 19.7 Å². The molecular weight excluding hydrogens is 668 g/mol. The third kappa shape index (κ3) is 9.91. The number of hydrogen-bond acceptors (Lipinski definition) is 8. The van der Waals surface area contributed by atoms with Crippen LogP contribution in [-0.2, 0) is 20.8 Å². The number of para-hydroxylation sites is 2. The SMILES string of the molecule is CCc1cc(OCC(=O)N(C)C)c(F)c(C(Nc2ccc(C(=N)N)cc2)c2nn(-c3ccccc3NC(C)=O)c(=O)[nH]2)c1.O=C(O)C(F)(F)F. The van der Waals surface area contributed by atoms with Crippen LogP contribution >= 0.6 is 0 Å². The summed E-state index contributed by atoms with van der Waals surface area (Å²) in [6.45, 7) is 2.87. The number of aliphatic carboxylic acids is 1. The van der Waals surface area contributed by atoms with Crippen LogP contribution in [0.2, 0.25) is 0 Å². The van der Waals surface area contributed by atoms with E-state index in [1.807, 2.05) is 6.92 Å². The number of anilines is 2. The number of benzene rings is 3. The molecule has 4 rings (SSSR count). The lowest BCUT2D eigenvalue weighted by molar-refractivity contribution is -0.192. The number of aryl methyl sites for hydroxylation is 1. The van der Waals surface area contributed by atoms with E-state index in [2.05, 4.69) is 20.7 Å². The Hall–Kier alpha value is -6.20. The molecule has 1 atom stereocenters. The minimum absolute atomic E-state index is 0.0701. The van der Waals surface area contributed by atoms with Gasteiger partial charge in [-0.2, -0.15) is 17.9 Å². The Bertz CT molecular complexity index is 1920.